The van der Waals surface area contributed by atoms with E-state index in [0.717, 1.165) is 60.2 Å². The largest absolute Gasteiger partial charge is 0.381 e. The highest BCUT2D eigenvalue weighted by Crippen LogP contribution is 2.33. The molecule has 1 N–H and O–H groups in total. The fourth-order valence-electron chi connectivity index (χ4n) is 4.26. The summed E-state index contributed by atoms with van der Waals surface area (Å²) in [6, 6.07) is 14.5. The molecule has 0 spiro atoms. The van der Waals surface area contributed by atoms with E-state index in [1.165, 1.54) is 5.52 Å². The SMILES string of the molecule is CN(Sc1ccc(NC(=O)CBr)cc1)c1ccc2c(c1)nc(C(C)(C)C)n2CC1CCOCC1. The van der Waals surface area contributed by atoms with E-state index in [9.17, 15) is 4.79 Å². The molecule has 182 valence electrons. The van der Waals surface area contributed by atoms with Gasteiger partial charge in [-0.05, 0) is 73.2 Å². The number of carbonyl (C=O) groups is 1. The van der Waals surface area contributed by atoms with Gasteiger partial charge in [-0.1, -0.05) is 36.7 Å². The molecule has 2 heterocycles. The van der Waals surface area contributed by atoms with Crippen LogP contribution in [0.2, 0.25) is 0 Å². The topological polar surface area (TPSA) is 59.4 Å². The van der Waals surface area contributed by atoms with E-state index in [2.05, 4.69) is 76.1 Å². The van der Waals surface area contributed by atoms with E-state index in [1.54, 1.807) is 11.9 Å². The first-order valence-electron chi connectivity index (χ1n) is 11.7. The Hall–Kier alpha value is -2.03. The van der Waals surface area contributed by atoms with Crippen LogP contribution in [0.4, 0.5) is 11.4 Å². The number of imidazole rings is 1. The average Bonchev–Trinajstić information content (AvgIpc) is 3.19. The minimum Gasteiger partial charge on any atom is -0.381 e. The molecule has 1 saturated heterocycles. The van der Waals surface area contributed by atoms with Gasteiger partial charge in [0.25, 0.3) is 0 Å². The lowest BCUT2D eigenvalue weighted by molar-refractivity contribution is -0.113. The Balaban J connectivity index is 1.54. The average molecular weight is 546 g/mol. The van der Waals surface area contributed by atoms with Gasteiger partial charge in [0.15, 0.2) is 0 Å². The Morgan fingerprint density at radius 1 is 1.21 bits per heavy atom. The number of ether oxygens (including phenoxy) is 1. The van der Waals surface area contributed by atoms with Gasteiger partial charge in [-0.15, -0.1) is 0 Å². The Morgan fingerprint density at radius 3 is 2.56 bits per heavy atom. The molecule has 2 aromatic carbocycles. The highest BCUT2D eigenvalue weighted by molar-refractivity contribution is 9.09. The van der Waals surface area contributed by atoms with Crippen LogP contribution in [0, 0.1) is 5.92 Å². The van der Waals surface area contributed by atoms with E-state index >= 15 is 0 Å². The standard InChI is InChI=1S/C26H33BrN4O2S/c1-26(2,3)25-29-22-15-20(7-10-23(22)31(25)17-18-11-13-33-14-12-18)30(4)34-21-8-5-19(6-9-21)28-24(32)16-27/h5-10,15,18H,11-14,16-17H2,1-4H3,(H,28,32). The lowest BCUT2D eigenvalue weighted by atomic mass is 9.94. The van der Waals surface area contributed by atoms with E-state index < -0.39 is 0 Å². The van der Waals surface area contributed by atoms with E-state index in [0.29, 0.717) is 5.92 Å². The van der Waals surface area contributed by atoms with Crippen LogP contribution in [0.25, 0.3) is 11.0 Å². The molecule has 0 radical (unpaired) electrons. The minimum atomic E-state index is -0.0586. The summed E-state index contributed by atoms with van der Waals surface area (Å²) < 4.78 is 10.2. The van der Waals surface area contributed by atoms with Crippen LogP contribution in [0.5, 0.6) is 0 Å². The third-order valence-electron chi connectivity index (χ3n) is 6.05. The molecule has 4 rings (SSSR count). The lowest BCUT2D eigenvalue weighted by Crippen LogP contribution is -2.25. The molecule has 1 fully saturated rings. The number of hydrogen-bond acceptors (Lipinski definition) is 5. The number of anilines is 2. The van der Waals surface area contributed by atoms with Crippen molar-refractivity contribution in [3.8, 4) is 0 Å². The highest BCUT2D eigenvalue weighted by Gasteiger charge is 2.25. The van der Waals surface area contributed by atoms with Crippen molar-refractivity contribution in [3.05, 3.63) is 48.3 Å². The summed E-state index contributed by atoms with van der Waals surface area (Å²) in [4.78, 5) is 17.7. The van der Waals surface area contributed by atoms with Crippen LogP contribution >= 0.6 is 27.9 Å². The van der Waals surface area contributed by atoms with Gasteiger partial charge in [0.2, 0.25) is 5.91 Å². The number of nitrogens with zero attached hydrogens (tertiary/aromatic N) is 3. The molecule has 34 heavy (non-hydrogen) atoms. The molecule has 0 saturated carbocycles. The Bertz CT molecular complexity index is 1130. The normalized spacial score (nSPS) is 15.0. The zero-order valence-corrected chi connectivity index (χ0v) is 22.7. The summed E-state index contributed by atoms with van der Waals surface area (Å²) in [5.41, 5.74) is 4.10. The van der Waals surface area contributed by atoms with Crippen molar-refractivity contribution < 1.29 is 9.53 Å². The predicted molar refractivity (Wildman–Crippen MR) is 145 cm³/mol. The number of rotatable bonds is 7. The number of fused-ring (bicyclic) bond motifs is 1. The van der Waals surface area contributed by atoms with Crippen LogP contribution in [-0.4, -0.2) is 41.0 Å². The maximum atomic E-state index is 11.6. The smallest absolute Gasteiger partial charge is 0.235 e. The van der Waals surface area contributed by atoms with Gasteiger partial charge in [0.1, 0.15) is 5.82 Å². The summed E-state index contributed by atoms with van der Waals surface area (Å²) in [6.07, 6.45) is 2.22. The van der Waals surface area contributed by atoms with Crippen molar-refractivity contribution in [2.75, 3.05) is 35.2 Å². The van der Waals surface area contributed by atoms with E-state index in [1.807, 2.05) is 24.3 Å². The first kappa shape index (κ1) is 25.1. The molecule has 0 bridgehead atoms. The van der Waals surface area contributed by atoms with Gasteiger partial charge in [0.05, 0.1) is 16.4 Å². The van der Waals surface area contributed by atoms with Crippen molar-refractivity contribution in [2.24, 2.45) is 5.92 Å². The third kappa shape index (κ3) is 5.96. The molecule has 0 unspecified atom stereocenters. The molecular weight excluding hydrogens is 512 g/mol. The maximum absolute atomic E-state index is 11.6. The monoisotopic (exact) mass is 544 g/mol. The van der Waals surface area contributed by atoms with Crippen molar-refractivity contribution in [3.63, 3.8) is 0 Å². The molecule has 1 aliphatic heterocycles. The Kier molecular flexibility index (Phi) is 7.90. The molecule has 3 aromatic rings. The predicted octanol–water partition coefficient (Wildman–Crippen LogP) is 6.24. The van der Waals surface area contributed by atoms with E-state index in [4.69, 9.17) is 9.72 Å². The third-order valence-corrected chi connectivity index (χ3v) is 7.53. The van der Waals surface area contributed by atoms with Gasteiger partial charge >= 0.3 is 0 Å². The van der Waals surface area contributed by atoms with Crippen LogP contribution in [0.15, 0.2) is 47.4 Å². The van der Waals surface area contributed by atoms with Crippen molar-refractivity contribution in [1.82, 2.24) is 9.55 Å². The number of hydrogen-bond donors (Lipinski definition) is 1. The summed E-state index contributed by atoms with van der Waals surface area (Å²) in [6.45, 7) is 9.43. The number of alkyl halides is 1. The van der Waals surface area contributed by atoms with Gasteiger partial charge < -0.3 is 18.9 Å². The van der Waals surface area contributed by atoms with Crippen molar-refractivity contribution >= 4 is 56.2 Å². The quantitative estimate of drug-likeness (QED) is 0.282. The van der Waals surface area contributed by atoms with Crippen LogP contribution < -0.4 is 9.62 Å². The van der Waals surface area contributed by atoms with Crippen LogP contribution in [-0.2, 0) is 21.5 Å². The first-order chi connectivity index (χ1) is 16.2. The minimum absolute atomic E-state index is 0.0308. The number of amides is 1. The lowest BCUT2D eigenvalue weighted by Gasteiger charge is -2.26. The molecule has 6 nitrogen and oxygen atoms in total. The zero-order valence-electron chi connectivity index (χ0n) is 20.3. The van der Waals surface area contributed by atoms with Gasteiger partial charge in [0, 0.05) is 48.5 Å². The molecule has 1 aliphatic rings. The second-order valence-corrected chi connectivity index (χ2v) is 11.6. The molecule has 8 heteroatoms. The summed E-state index contributed by atoms with van der Waals surface area (Å²) in [5.74, 6) is 1.71. The highest BCUT2D eigenvalue weighted by atomic mass is 79.9. The number of nitrogens with one attached hydrogen (secondary N) is 1. The second kappa shape index (κ2) is 10.7. The number of aromatic nitrogens is 2. The molecular formula is C26H33BrN4O2S. The van der Waals surface area contributed by atoms with Gasteiger partial charge in [-0.2, -0.15) is 0 Å². The molecule has 0 atom stereocenters. The second-order valence-electron chi connectivity index (χ2n) is 9.82. The summed E-state index contributed by atoms with van der Waals surface area (Å²) in [7, 11) is 2.07. The maximum Gasteiger partial charge on any atom is 0.235 e. The number of carbonyl (C=O) groups excluding carboxylic acids is 1. The van der Waals surface area contributed by atoms with Crippen molar-refractivity contribution in [2.45, 2.75) is 50.5 Å². The van der Waals surface area contributed by atoms with Gasteiger partial charge in [-0.25, -0.2) is 4.98 Å². The first-order valence-corrected chi connectivity index (χ1v) is 13.6. The molecule has 1 amide bonds. The van der Waals surface area contributed by atoms with E-state index in [-0.39, 0.29) is 16.7 Å². The zero-order chi connectivity index (χ0) is 24.3. The van der Waals surface area contributed by atoms with Crippen LogP contribution in [0.1, 0.15) is 39.4 Å². The fraction of sp³-hybridized carbons (Fsp3) is 0.462. The molecule has 1 aromatic heterocycles. The van der Waals surface area contributed by atoms with Gasteiger partial charge in [-0.3, -0.25) is 4.79 Å². The number of halogens is 1. The number of benzene rings is 2. The Labute approximate surface area is 214 Å². The summed E-state index contributed by atoms with van der Waals surface area (Å²) in [5, 5.41) is 3.13. The Morgan fingerprint density at radius 2 is 1.91 bits per heavy atom. The fourth-order valence-corrected chi connectivity index (χ4v) is 5.20. The van der Waals surface area contributed by atoms with Crippen LogP contribution in [0.3, 0.4) is 0 Å². The molecule has 0 aliphatic carbocycles. The summed E-state index contributed by atoms with van der Waals surface area (Å²) >= 11 is 4.82. The van der Waals surface area contributed by atoms with Crippen molar-refractivity contribution in [1.29, 1.82) is 0 Å².